The largest absolute Gasteiger partial charge is 0.488 e. The molecule has 0 radical (unpaired) electrons. The van der Waals surface area contributed by atoms with Crippen LogP contribution in [-0.2, 0) is 13.2 Å². The summed E-state index contributed by atoms with van der Waals surface area (Å²) >= 11 is 0. The summed E-state index contributed by atoms with van der Waals surface area (Å²) in [6, 6.07) is 23.5. The zero-order valence-corrected chi connectivity index (χ0v) is 15.9. The first-order valence-electron chi connectivity index (χ1n) is 9.30. The molecule has 1 N–H and O–H groups in total. The molecule has 0 atom stereocenters. The van der Waals surface area contributed by atoms with Crippen LogP contribution in [0, 0.1) is 0 Å². The first-order chi connectivity index (χ1) is 14.6. The van der Waals surface area contributed by atoms with Crippen LogP contribution >= 0.6 is 0 Å². The lowest BCUT2D eigenvalue weighted by molar-refractivity contribution is 0.0654. The number of hydrogen-bond donors (Lipinski definition) is 1. The third-order valence-electron chi connectivity index (χ3n) is 4.50. The quantitative estimate of drug-likeness (QED) is 0.484. The average molecular weight is 402 g/mol. The van der Waals surface area contributed by atoms with Crippen LogP contribution in [0.5, 0.6) is 11.5 Å². The minimum atomic E-state index is -1.38. The van der Waals surface area contributed by atoms with Crippen LogP contribution in [0.4, 0.5) is 0 Å². The Balaban J connectivity index is 1.74. The molecular weight excluding hydrogens is 384 g/mol. The fourth-order valence-corrected chi connectivity index (χ4v) is 3.05. The van der Waals surface area contributed by atoms with E-state index in [1.807, 2.05) is 60.7 Å². The molecule has 6 nitrogen and oxygen atoms in total. The molecule has 0 saturated carbocycles. The van der Waals surface area contributed by atoms with Crippen molar-refractivity contribution in [1.82, 2.24) is 0 Å². The minimum Gasteiger partial charge on any atom is -0.488 e. The maximum absolute atomic E-state index is 13.2. The summed E-state index contributed by atoms with van der Waals surface area (Å²) in [5.74, 6) is -1.97. The molecular formula is C24H18O6. The number of carbonyl (C=O) groups is 1. The lowest BCUT2D eigenvalue weighted by Gasteiger charge is -2.12. The van der Waals surface area contributed by atoms with E-state index in [0.717, 1.165) is 11.1 Å². The number of benzene rings is 3. The topological polar surface area (TPSA) is 86.0 Å². The third kappa shape index (κ3) is 4.03. The molecule has 0 spiro atoms. The highest BCUT2D eigenvalue weighted by molar-refractivity contribution is 5.92. The molecule has 6 heteroatoms. The van der Waals surface area contributed by atoms with E-state index in [1.54, 1.807) is 12.1 Å². The van der Waals surface area contributed by atoms with Crippen LogP contribution in [0.1, 0.15) is 21.7 Å². The van der Waals surface area contributed by atoms with Crippen LogP contribution in [-0.4, -0.2) is 11.1 Å². The number of carboxylic acids is 1. The second-order valence-electron chi connectivity index (χ2n) is 6.57. The van der Waals surface area contributed by atoms with Gasteiger partial charge in [0.2, 0.25) is 11.2 Å². The highest BCUT2D eigenvalue weighted by Crippen LogP contribution is 2.28. The molecule has 150 valence electrons. The molecule has 4 aromatic rings. The normalized spacial score (nSPS) is 10.7. The molecule has 4 rings (SSSR count). The molecule has 0 fully saturated rings. The third-order valence-corrected chi connectivity index (χ3v) is 4.50. The number of hydrogen-bond acceptors (Lipinski definition) is 5. The van der Waals surface area contributed by atoms with E-state index in [9.17, 15) is 14.7 Å². The van der Waals surface area contributed by atoms with Crippen LogP contribution in [0.3, 0.4) is 0 Å². The van der Waals surface area contributed by atoms with Gasteiger partial charge in [-0.2, -0.15) is 0 Å². The molecule has 0 aliphatic carbocycles. The number of aromatic carboxylic acids is 1. The van der Waals surface area contributed by atoms with Gasteiger partial charge in [0.1, 0.15) is 29.9 Å². The maximum Gasteiger partial charge on any atom is 0.375 e. The summed E-state index contributed by atoms with van der Waals surface area (Å²) in [5, 5.41) is 9.66. The van der Waals surface area contributed by atoms with Crippen molar-refractivity contribution in [2.45, 2.75) is 13.2 Å². The van der Waals surface area contributed by atoms with Crippen LogP contribution in [0.25, 0.3) is 11.0 Å². The van der Waals surface area contributed by atoms with Crippen molar-refractivity contribution in [3.63, 3.8) is 0 Å². The summed E-state index contributed by atoms with van der Waals surface area (Å²) in [6.07, 6.45) is 0. The van der Waals surface area contributed by atoms with Crippen molar-refractivity contribution < 1.29 is 23.8 Å². The Hall–Kier alpha value is -4.06. The van der Waals surface area contributed by atoms with Crippen molar-refractivity contribution in [3.05, 3.63) is 106 Å². The van der Waals surface area contributed by atoms with Crippen molar-refractivity contribution in [1.29, 1.82) is 0 Å². The van der Waals surface area contributed by atoms with Gasteiger partial charge in [0.25, 0.3) is 5.76 Å². The fraction of sp³-hybridized carbons (Fsp3) is 0.0833. The van der Waals surface area contributed by atoms with E-state index in [4.69, 9.17) is 13.9 Å². The van der Waals surface area contributed by atoms with Crippen molar-refractivity contribution in [2.24, 2.45) is 0 Å². The van der Waals surface area contributed by atoms with Gasteiger partial charge >= 0.3 is 5.97 Å². The van der Waals surface area contributed by atoms with Crippen molar-refractivity contribution >= 4 is 16.9 Å². The van der Waals surface area contributed by atoms with Gasteiger partial charge in [-0.05, 0) is 23.3 Å². The van der Waals surface area contributed by atoms with Gasteiger partial charge in [0, 0.05) is 0 Å². The average Bonchev–Trinajstić information content (AvgIpc) is 2.78. The SMILES string of the molecule is O=C(O)c1oc2cccc(OCc3ccccc3)c2c(=O)c1OCc1ccccc1. The van der Waals surface area contributed by atoms with Gasteiger partial charge in [0.05, 0.1) is 0 Å². The molecule has 0 aliphatic heterocycles. The molecule has 0 bridgehead atoms. The van der Waals surface area contributed by atoms with Gasteiger partial charge in [-0.1, -0.05) is 66.7 Å². The highest BCUT2D eigenvalue weighted by Gasteiger charge is 2.23. The van der Waals surface area contributed by atoms with Gasteiger partial charge in [-0.15, -0.1) is 0 Å². The van der Waals surface area contributed by atoms with Crippen molar-refractivity contribution in [2.75, 3.05) is 0 Å². The summed E-state index contributed by atoms with van der Waals surface area (Å²) in [4.78, 5) is 24.9. The predicted molar refractivity (Wildman–Crippen MR) is 111 cm³/mol. The smallest absolute Gasteiger partial charge is 0.375 e. The minimum absolute atomic E-state index is 0.0322. The second-order valence-corrected chi connectivity index (χ2v) is 6.57. The Morgan fingerprint density at radius 2 is 1.40 bits per heavy atom. The lowest BCUT2D eigenvalue weighted by atomic mass is 10.1. The van der Waals surface area contributed by atoms with Gasteiger partial charge < -0.3 is 19.0 Å². The number of rotatable bonds is 7. The molecule has 0 aliphatic rings. The first kappa shape index (κ1) is 19.3. The fourth-order valence-electron chi connectivity index (χ4n) is 3.05. The zero-order valence-electron chi connectivity index (χ0n) is 15.9. The Morgan fingerprint density at radius 3 is 2.00 bits per heavy atom. The Kier molecular flexibility index (Phi) is 5.48. The van der Waals surface area contributed by atoms with Crippen LogP contribution in [0.15, 0.2) is 88.1 Å². The van der Waals surface area contributed by atoms with E-state index in [0.29, 0.717) is 5.75 Å². The molecule has 0 amide bonds. The number of fused-ring (bicyclic) bond motifs is 1. The molecule has 30 heavy (non-hydrogen) atoms. The van der Waals surface area contributed by atoms with Gasteiger partial charge in [-0.3, -0.25) is 4.79 Å². The lowest BCUT2D eigenvalue weighted by Crippen LogP contribution is -2.15. The predicted octanol–water partition coefficient (Wildman–Crippen LogP) is 4.65. The van der Waals surface area contributed by atoms with Gasteiger partial charge in [-0.25, -0.2) is 4.79 Å². The Bertz CT molecular complexity index is 1230. The molecule has 0 saturated heterocycles. The second kappa shape index (κ2) is 8.53. The summed E-state index contributed by atoms with van der Waals surface area (Å²) in [5.41, 5.74) is 1.26. The standard InChI is InChI=1S/C24H18O6/c25-21-20-18(28-14-16-8-3-1-4-9-16)12-7-13-19(20)30-23(24(26)27)22(21)29-15-17-10-5-2-6-11-17/h1-13H,14-15H2,(H,26,27). The molecule has 0 unspecified atom stereocenters. The molecule has 1 heterocycles. The van der Waals surface area contributed by atoms with E-state index < -0.39 is 17.2 Å². The van der Waals surface area contributed by atoms with E-state index in [2.05, 4.69) is 0 Å². The van der Waals surface area contributed by atoms with Gasteiger partial charge in [0.15, 0.2) is 0 Å². The summed E-state index contributed by atoms with van der Waals surface area (Å²) in [6.45, 7) is 0.282. The zero-order chi connectivity index (χ0) is 20.9. The van der Waals surface area contributed by atoms with Crippen molar-refractivity contribution in [3.8, 4) is 11.5 Å². The first-order valence-corrected chi connectivity index (χ1v) is 9.30. The Morgan fingerprint density at radius 1 is 0.800 bits per heavy atom. The highest BCUT2D eigenvalue weighted by atomic mass is 16.5. The van der Waals surface area contributed by atoms with E-state index >= 15 is 0 Å². The molecule has 1 aromatic heterocycles. The summed E-state index contributed by atoms with van der Waals surface area (Å²) in [7, 11) is 0. The Labute approximate surface area is 171 Å². The monoisotopic (exact) mass is 402 g/mol. The van der Waals surface area contributed by atoms with Crippen LogP contribution in [0.2, 0.25) is 0 Å². The van der Waals surface area contributed by atoms with E-state index in [-0.39, 0.29) is 29.9 Å². The maximum atomic E-state index is 13.2. The number of carboxylic acid groups (broad SMARTS) is 1. The summed E-state index contributed by atoms with van der Waals surface area (Å²) < 4.78 is 17.0. The van der Waals surface area contributed by atoms with Crippen LogP contribution < -0.4 is 14.9 Å². The number of ether oxygens (including phenoxy) is 2. The van der Waals surface area contributed by atoms with E-state index in [1.165, 1.54) is 6.07 Å². The molecule has 3 aromatic carbocycles.